The highest BCUT2D eigenvalue weighted by Gasteiger charge is 2.45. The largest absolute Gasteiger partial charge is 0.432 e. The molecule has 2 aliphatic rings. The third-order valence-corrected chi connectivity index (χ3v) is 8.68. The van der Waals surface area contributed by atoms with Crippen molar-refractivity contribution in [3.05, 3.63) is 77.9 Å². The van der Waals surface area contributed by atoms with Gasteiger partial charge in [0.15, 0.2) is 17.5 Å². The molecule has 3 aromatic rings. The minimum Gasteiger partial charge on any atom is -0.432 e. The molecule has 2 fully saturated rings. The van der Waals surface area contributed by atoms with Crippen LogP contribution in [0, 0.1) is 46.9 Å². The minimum absolute atomic E-state index is 0.0292. The molecule has 0 spiro atoms. The molecule has 1 nitrogen and oxygen atoms in total. The molecule has 2 aliphatic carbocycles. The molecule has 3 aromatic carbocycles. The molecule has 208 valence electrons. The standard InChI is InChI=1S/C32H32F6O/c1-19-2-4-20(5-3-19)21-6-11-25(12-7-21)32(37,38)39-26-13-8-22(9-14-26)23-10-15-27(28(33)16-23)24-17-29(34)31(36)30(35)18-24/h8-10,13-21,25H,2-7,11-12H2,1H3. The fourth-order valence-corrected chi connectivity index (χ4v) is 6.28. The summed E-state index contributed by atoms with van der Waals surface area (Å²) in [5, 5.41) is 0. The minimum atomic E-state index is -3.28. The molecule has 2 saturated carbocycles. The van der Waals surface area contributed by atoms with Gasteiger partial charge in [-0.2, -0.15) is 8.78 Å². The summed E-state index contributed by atoms with van der Waals surface area (Å²) in [4.78, 5) is 0. The van der Waals surface area contributed by atoms with E-state index in [4.69, 9.17) is 4.74 Å². The molecular weight excluding hydrogens is 514 g/mol. The number of rotatable bonds is 6. The second kappa shape index (κ2) is 11.3. The maximum absolute atomic E-state index is 15.0. The third kappa shape index (κ3) is 6.12. The molecule has 0 N–H and O–H groups in total. The van der Waals surface area contributed by atoms with Gasteiger partial charge in [-0.25, -0.2) is 17.6 Å². The summed E-state index contributed by atoms with van der Waals surface area (Å²) in [5.74, 6) is -4.01. The summed E-state index contributed by atoms with van der Waals surface area (Å²) < 4.78 is 90.4. The van der Waals surface area contributed by atoms with Crippen LogP contribution in [0.15, 0.2) is 54.6 Å². The fraction of sp³-hybridized carbons (Fsp3) is 0.438. The topological polar surface area (TPSA) is 9.23 Å². The summed E-state index contributed by atoms with van der Waals surface area (Å²) in [6.07, 6.45) is 4.18. The van der Waals surface area contributed by atoms with Gasteiger partial charge in [0.25, 0.3) is 0 Å². The second-order valence-corrected chi connectivity index (χ2v) is 11.3. The van der Waals surface area contributed by atoms with Gasteiger partial charge in [-0.1, -0.05) is 44.0 Å². The Hall–Kier alpha value is -2.96. The van der Waals surface area contributed by atoms with Crippen molar-refractivity contribution >= 4 is 0 Å². The first-order chi connectivity index (χ1) is 18.6. The van der Waals surface area contributed by atoms with Crippen molar-refractivity contribution in [1.82, 2.24) is 0 Å². The quantitative estimate of drug-likeness (QED) is 0.221. The van der Waals surface area contributed by atoms with Gasteiger partial charge in [0.2, 0.25) is 0 Å². The summed E-state index contributed by atoms with van der Waals surface area (Å²) in [6, 6.07) is 11.5. The van der Waals surface area contributed by atoms with Crippen LogP contribution < -0.4 is 4.74 Å². The van der Waals surface area contributed by atoms with Gasteiger partial charge in [-0.3, -0.25) is 0 Å². The molecule has 5 rings (SSSR count). The maximum Gasteiger partial charge on any atom is 0.400 e. The first-order valence-corrected chi connectivity index (χ1v) is 13.7. The van der Waals surface area contributed by atoms with Crippen molar-refractivity contribution in [2.45, 2.75) is 64.4 Å². The van der Waals surface area contributed by atoms with Gasteiger partial charge in [0.1, 0.15) is 11.6 Å². The first-order valence-electron chi connectivity index (χ1n) is 13.7. The van der Waals surface area contributed by atoms with Gasteiger partial charge < -0.3 is 4.74 Å². The maximum atomic E-state index is 15.0. The van der Waals surface area contributed by atoms with E-state index >= 15 is 8.78 Å². The Bertz CT molecular complexity index is 1270. The Morgan fingerprint density at radius 3 is 1.69 bits per heavy atom. The first kappa shape index (κ1) is 27.6. The zero-order valence-corrected chi connectivity index (χ0v) is 21.8. The predicted octanol–water partition coefficient (Wildman–Crippen LogP) is 10.2. The zero-order valence-electron chi connectivity index (χ0n) is 21.8. The Morgan fingerprint density at radius 1 is 0.615 bits per heavy atom. The van der Waals surface area contributed by atoms with Crippen molar-refractivity contribution in [1.29, 1.82) is 0 Å². The lowest BCUT2D eigenvalue weighted by Crippen LogP contribution is -2.38. The van der Waals surface area contributed by atoms with Crippen molar-refractivity contribution < 1.29 is 31.1 Å². The van der Waals surface area contributed by atoms with Crippen LogP contribution >= 0.6 is 0 Å². The summed E-state index contributed by atoms with van der Waals surface area (Å²) >= 11 is 0. The number of ether oxygens (including phenoxy) is 1. The van der Waals surface area contributed by atoms with Crippen LogP contribution in [0.2, 0.25) is 0 Å². The molecule has 0 heterocycles. The lowest BCUT2D eigenvalue weighted by molar-refractivity contribution is -0.224. The highest BCUT2D eigenvalue weighted by atomic mass is 19.3. The lowest BCUT2D eigenvalue weighted by Gasteiger charge is -2.38. The average molecular weight is 547 g/mol. The van der Waals surface area contributed by atoms with Crippen LogP contribution in [0.3, 0.4) is 0 Å². The Morgan fingerprint density at radius 2 is 1.13 bits per heavy atom. The van der Waals surface area contributed by atoms with Crippen LogP contribution in [-0.4, -0.2) is 6.11 Å². The summed E-state index contributed by atoms with van der Waals surface area (Å²) in [6.45, 7) is 2.29. The van der Waals surface area contributed by atoms with Crippen molar-refractivity contribution in [3.63, 3.8) is 0 Å². The number of hydrogen-bond acceptors (Lipinski definition) is 1. The van der Waals surface area contributed by atoms with E-state index in [2.05, 4.69) is 6.92 Å². The molecular formula is C32H32F6O. The summed E-state index contributed by atoms with van der Waals surface area (Å²) in [7, 11) is 0. The highest BCUT2D eigenvalue weighted by Crippen LogP contribution is 2.45. The van der Waals surface area contributed by atoms with E-state index in [1.54, 1.807) is 12.1 Å². The van der Waals surface area contributed by atoms with E-state index in [1.165, 1.54) is 56.0 Å². The number of alkyl halides is 2. The van der Waals surface area contributed by atoms with E-state index in [9.17, 15) is 17.6 Å². The highest BCUT2D eigenvalue weighted by molar-refractivity contribution is 5.71. The van der Waals surface area contributed by atoms with Gasteiger partial charge in [0, 0.05) is 5.56 Å². The molecule has 0 bridgehead atoms. The van der Waals surface area contributed by atoms with Crippen LogP contribution in [0.1, 0.15) is 58.3 Å². The summed E-state index contributed by atoms with van der Waals surface area (Å²) in [5.41, 5.74) is 0.760. The van der Waals surface area contributed by atoms with Crippen LogP contribution in [0.4, 0.5) is 26.3 Å². The van der Waals surface area contributed by atoms with Crippen LogP contribution in [0.5, 0.6) is 5.75 Å². The van der Waals surface area contributed by atoms with Gasteiger partial charge >= 0.3 is 6.11 Å². The molecule has 0 amide bonds. The van der Waals surface area contributed by atoms with E-state index in [-0.39, 0.29) is 16.9 Å². The Kier molecular flexibility index (Phi) is 7.97. The Labute approximate surface area is 225 Å². The number of halogens is 6. The van der Waals surface area contributed by atoms with E-state index in [1.807, 2.05) is 0 Å². The van der Waals surface area contributed by atoms with Gasteiger partial charge in [-0.05, 0) is 103 Å². The van der Waals surface area contributed by atoms with Gasteiger partial charge in [-0.15, -0.1) is 0 Å². The van der Waals surface area contributed by atoms with E-state index in [0.29, 0.717) is 35.8 Å². The van der Waals surface area contributed by atoms with Crippen LogP contribution in [0.25, 0.3) is 22.3 Å². The van der Waals surface area contributed by atoms with Crippen molar-refractivity contribution in [3.8, 4) is 28.0 Å². The molecule has 0 saturated heterocycles. The average Bonchev–Trinajstić information content (AvgIpc) is 2.92. The molecule has 0 aliphatic heterocycles. The molecule has 7 heteroatoms. The van der Waals surface area contributed by atoms with E-state index < -0.39 is 35.3 Å². The van der Waals surface area contributed by atoms with Crippen molar-refractivity contribution in [2.24, 2.45) is 23.7 Å². The SMILES string of the molecule is CC1CCC(C2CCC(C(F)(F)Oc3ccc(-c4ccc(-c5cc(F)c(F)c(F)c5)c(F)c4)cc3)CC2)CC1. The van der Waals surface area contributed by atoms with Crippen molar-refractivity contribution in [2.75, 3.05) is 0 Å². The number of benzene rings is 3. The van der Waals surface area contributed by atoms with E-state index in [0.717, 1.165) is 30.9 Å². The zero-order chi connectivity index (χ0) is 27.7. The monoisotopic (exact) mass is 546 g/mol. The van der Waals surface area contributed by atoms with Crippen LogP contribution in [-0.2, 0) is 0 Å². The third-order valence-electron chi connectivity index (χ3n) is 8.68. The predicted molar refractivity (Wildman–Crippen MR) is 139 cm³/mol. The molecule has 0 aromatic heterocycles. The lowest BCUT2D eigenvalue weighted by atomic mass is 9.69. The molecule has 0 atom stereocenters. The fourth-order valence-electron chi connectivity index (χ4n) is 6.28. The number of hydrogen-bond donors (Lipinski definition) is 0. The Balaban J connectivity index is 1.21. The second-order valence-electron chi connectivity index (χ2n) is 11.3. The molecule has 0 radical (unpaired) electrons. The smallest absolute Gasteiger partial charge is 0.400 e. The molecule has 0 unspecified atom stereocenters. The molecule has 39 heavy (non-hydrogen) atoms. The van der Waals surface area contributed by atoms with Gasteiger partial charge in [0.05, 0.1) is 5.92 Å². The normalized spacial score (nSPS) is 24.0.